The molecule has 0 spiro atoms. The monoisotopic (exact) mass is 335 g/mol. The second-order valence-corrected chi connectivity index (χ2v) is 6.51. The smallest absolute Gasteiger partial charge is 0.287 e. The highest BCUT2D eigenvalue weighted by atomic mass is 16.3. The van der Waals surface area contributed by atoms with Crippen molar-refractivity contribution in [2.45, 2.75) is 32.9 Å². The Labute approximate surface area is 143 Å². The van der Waals surface area contributed by atoms with E-state index >= 15 is 0 Å². The van der Waals surface area contributed by atoms with Gasteiger partial charge in [0.15, 0.2) is 11.7 Å². The van der Waals surface area contributed by atoms with Gasteiger partial charge >= 0.3 is 0 Å². The summed E-state index contributed by atoms with van der Waals surface area (Å²) >= 11 is 0. The lowest BCUT2D eigenvalue weighted by molar-refractivity contribution is 0.0926. The Morgan fingerprint density at radius 3 is 2.71 bits per heavy atom. The molecule has 0 aromatic carbocycles. The molecule has 0 aliphatic carbocycles. The zero-order chi connectivity index (χ0) is 17.5. The van der Waals surface area contributed by atoms with Gasteiger partial charge in [-0.2, -0.15) is 0 Å². The van der Waals surface area contributed by atoms with Crippen LogP contribution in [0.25, 0.3) is 0 Å². The fourth-order valence-electron chi connectivity index (χ4n) is 2.84. The average Bonchev–Trinajstić information content (AvgIpc) is 3.20. The molecule has 1 saturated heterocycles. The summed E-state index contributed by atoms with van der Waals surface area (Å²) in [5, 5.41) is 9.52. The van der Waals surface area contributed by atoms with Crippen LogP contribution < -0.4 is 16.0 Å². The third-order valence-corrected chi connectivity index (χ3v) is 4.36. The molecular weight excluding hydrogens is 306 g/mol. The van der Waals surface area contributed by atoms with Gasteiger partial charge in [-0.25, -0.2) is 0 Å². The topological polar surface area (TPSA) is 81.9 Å². The predicted octanol–water partition coefficient (Wildman–Crippen LogP) is 0.903. The number of hydrogen-bond acceptors (Lipinski definition) is 4. The fraction of sp³-hybridized carbons (Fsp3) is 0.647. The van der Waals surface area contributed by atoms with Crippen LogP contribution in [0.3, 0.4) is 0 Å². The van der Waals surface area contributed by atoms with Crippen molar-refractivity contribution in [2.24, 2.45) is 10.9 Å². The summed E-state index contributed by atoms with van der Waals surface area (Å²) in [6.07, 6.45) is 1.49. The number of aliphatic imine (C=N–C) groups is 1. The van der Waals surface area contributed by atoms with Crippen molar-refractivity contribution in [3.8, 4) is 0 Å². The summed E-state index contributed by atoms with van der Waals surface area (Å²) in [7, 11) is 1.76. The van der Waals surface area contributed by atoms with Crippen molar-refractivity contribution in [3.05, 3.63) is 24.2 Å². The maximum absolute atomic E-state index is 11.8. The summed E-state index contributed by atoms with van der Waals surface area (Å²) in [4.78, 5) is 18.5. The van der Waals surface area contributed by atoms with Gasteiger partial charge in [0.1, 0.15) is 0 Å². The largest absolute Gasteiger partial charge is 0.459 e. The Hall–Kier alpha value is -2.02. The van der Waals surface area contributed by atoms with E-state index in [9.17, 15) is 4.79 Å². The lowest BCUT2D eigenvalue weighted by Gasteiger charge is -2.22. The average molecular weight is 335 g/mol. The number of nitrogens with one attached hydrogen (secondary N) is 3. The minimum absolute atomic E-state index is 0.207. The third kappa shape index (κ3) is 4.99. The molecule has 0 saturated carbocycles. The van der Waals surface area contributed by atoms with E-state index in [2.05, 4.69) is 46.6 Å². The first-order valence-corrected chi connectivity index (χ1v) is 8.54. The standard InChI is InChI=1S/C17H29N5O2/c1-12(2)22-10-13(3)14(11-22)21-17(18-4)20-8-7-19-16(23)15-6-5-9-24-15/h5-6,9,12-14H,7-8,10-11H2,1-4H3,(H,19,23)(H2,18,20,21). The summed E-state index contributed by atoms with van der Waals surface area (Å²) in [5.74, 6) is 1.46. The summed E-state index contributed by atoms with van der Waals surface area (Å²) in [6, 6.07) is 4.29. The number of furan rings is 1. The fourth-order valence-corrected chi connectivity index (χ4v) is 2.84. The van der Waals surface area contributed by atoms with Crippen LogP contribution in [0.5, 0.6) is 0 Å². The third-order valence-electron chi connectivity index (χ3n) is 4.36. The molecule has 1 aliphatic rings. The number of rotatable bonds is 6. The highest BCUT2D eigenvalue weighted by Gasteiger charge is 2.31. The first kappa shape index (κ1) is 18.3. The minimum atomic E-state index is -0.207. The van der Waals surface area contributed by atoms with E-state index in [1.54, 1.807) is 19.2 Å². The van der Waals surface area contributed by atoms with Gasteiger partial charge in [0.25, 0.3) is 5.91 Å². The quantitative estimate of drug-likeness (QED) is 0.409. The number of guanidine groups is 1. The van der Waals surface area contributed by atoms with E-state index in [-0.39, 0.29) is 5.91 Å². The van der Waals surface area contributed by atoms with E-state index in [0.717, 1.165) is 19.0 Å². The van der Waals surface area contributed by atoms with Gasteiger partial charge in [-0.05, 0) is 31.9 Å². The van der Waals surface area contributed by atoms with Crippen LogP contribution in [0.2, 0.25) is 0 Å². The van der Waals surface area contributed by atoms with Crippen molar-refractivity contribution in [1.29, 1.82) is 0 Å². The van der Waals surface area contributed by atoms with E-state index < -0.39 is 0 Å². The molecule has 1 aromatic heterocycles. The molecule has 1 amide bonds. The molecule has 3 N–H and O–H groups in total. The Balaban J connectivity index is 1.70. The lowest BCUT2D eigenvalue weighted by Crippen LogP contribution is -2.48. The van der Waals surface area contributed by atoms with Crippen molar-refractivity contribution in [2.75, 3.05) is 33.2 Å². The Bertz CT molecular complexity index is 541. The number of hydrogen-bond donors (Lipinski definition) is 3. The highest BCUT2D eigenvalue weighted by molar-refractivity contribution is 5.91. The van der Waals surface area contributed by atoms with Crippen molar-refractivity contribution < 1.29 is 9.21 Å². The van der Waals surface area contributed by atoms with Gasteiger partial charge in [-0.1, -0.05) is 6.92 Å². The SMILES string of the molecule is CN=C(NCCNC(=O)c1ccco1)NC1CN(C(C)C)CC1C. The Kier molecular flexibility index (Phi) is 6.66. The molecule has 2 heterocycles. The molecule has 2 atom stereocenters. The highest BCUT2D eigenvalue weighted by Crippen LogP contribution is 2.18. The molecule has 1 fully saturated rings. The molecule has 1 aliphatic heterocycles. The Morgan fingerprint density at radius 1 is 1.38 bits per heavy atom. The Morgan fingerprint density at radius 2 is 2.12 bits per heavy atom. The molecule has 2 unspecified atom stereocenters. The molecule has 1 aromatic rings. The van der Waals surface area contributed by atoms with Gasteiger partial charge < -0.3 is 20.4 Å². The summed E-state index contributed by atoms with van der Waals surface area (Å²) in [5.41, 5.74) is 0. The zero-order valence-corrected chi connectivity index (χ0v) is 15.0. The van der Waals surface area contributed by atoms with Crippen LogP contribution in [0.4, 0.5) is 0 Å². The van der Waals surface area contributed by atoms with Crippen LogP contribution in [-0.4, -0.2) is 62.1 Å². The van der Waals surface area contributed by atoms with Crippen LogP contribution in [0.1, 0.15) is 31.3 Å². The van der Waals surface area contributed by atoms with Gasteiger partial charge in [-0.15, -0.1) is 0 Å². The maximum Gasteiger partial charge on any atom is 0.287 e. The normalized spacial score (nSPS) is 22.0. The second kappa shape index (κ2) is 8.73. The number of amides is 1. The molecule has 7 nitrogen and oxygen atoms in total. The lowest BCUT2D eigenvalue weighted by atomic mass is 10.1. The molecule has 7 heteroatoms. The van der Waals surface area contributed by atoms with E-state index in [1.165, 1.54) is 6.26 Å². The number of likely N-dealkylation sites (tertiary alicyclic amines) is 1. The maximum atomic E-state index is 11.8. The molecule has 2 rings (SSSR count). The molecule has 0 radical (unpaired) electrons. The number of nitrogens with zero attached hydrogens (tertiary/aromatic N) is 2. The van der Waals surface area contributed by atoms with Crippen molar-refractivity contribution >= 4 is 11.9 Å². The molecule has 24 heavy (non-hydrogen) atoms. The predicted molar refractivity (Wildman–Crippen MR) is 95.2 cm³/mol. The van der Waals surface area contributed by atoms with Crippen LogP contribution >= 0.6 is 0 Å². The van der Waals surface area contributed by atoms with Crippen LogP contribution in [-0.2, 0) is 0 Å². The van der Waals surface area contributed by atoms with Crippen molar-refractivity contribution in [1.82, 2.24) is 20.9 Å². The zero-order valence-electron chi connectivity index (χ0n) is 15.0. The molecule has 0 bridgehead atoms. The van der Waals surface area contributed by atoms with E-state index in [1.807, 2.05) is 0 Å². The first-order chi connectivity index (χ1) is 11.5. The van der Waals surface area contributed by atoms with Crippen LogP contribution in [0.15, 0.2) is 27.8 Å². The van der Waals surface area contributed by atoms with Gasteiger partial charge in [0.2, 0.25) is 0 Å². The van der Waals surface area contributed by atoms with E-state index in [4.69, 9.17) is 4.42 Å². The van der Waals surface area contributed by atoms with Crippen LogP contribution in [0, 0.1) is 5.92 Å². The first-order valence-electron chi connectivity index (χ1n) is 8.54. The number of carbonyl (C=O) groups excluding carboxylic acids is 1. The second-order valence-electron chi connectivity index (χ2n) is 6.51. The summed E-state index contributed by atoms with van der Waals surface area (Å²) in [6.45, 7) is 9.94. The minimum Gasteiger partial charge on any atom is -0.459 e. The van der Waals surface area contributed by atoms with Crippen molar-refractivity contribution in [3.63, 3.8) is 0 Å². The molecule has 134 valence electrons. The van der Waals surface area contributed by atoms with Gasteiger partial charge in [-0.3, -0.25) is 14.7 Å². The number of carbonyl (C=O) groups is 1. The van der Waals surface area contributed by atoms with E-state index in [0.29, 0.717) is 36.9 Å². The summed E-state index contributed by atoms with van der Waals surface area (Å²) < 4.78 is 5.05. The van der Waals surface area contributed by atoms with Gasteiger partial charge in [0.05, 0.1) is 6.26 Å². The molecular formula is C17H29N5O2. The van der Waals surface area contributed by atoms with Gasteiger partial charge in [0, 0.05) is 45.3 Å².